The van der Waals surface area contributed by atoms with Gasteiger partial charge in [0, 0.05) is 5.02 Å². The fourth-order valence-corrected chi connectivity index (χ4v) is 1.87. The summed E-state index contributed by atoms with van der Waals surface area (Å²) in [5.41, 5.74) is 5.99. The molecule has 0 amide bonds. The molecule has 0 aliphatic rings. The van der Waals surface area contributed by atoms with Gasteiger partial charge in [0.15, 0.2) is 11.4 Å². The largest absolute Gasteiger partial charge is 0.464 e. The highest BCUT2D eigenvalue weighted by atomic mass is 35.5. The van der Waals surface area contributed by atoms with E-state index in [1.54, 1.807) is 24.3 Å². The van der Waals surface area contributed by atoms with E-state index in [0.717, 1.165) is 0 Å². The molecule has 110 valence electrons. The molecule has 0 aliphatic carbocycles. The second-order valence-corrected chi connectivity index (χ2v) is 4.42. The molecule has 0 radical (unpaired) electrons. The average molecular weight is 310 g/mol. The topological polar surface area (TPSA) is 96.4 Å². The number of benzene rings is 1. The summed E-state index contributed by atoms with van der Waals surface area (Å²) in [7, 11) is 2.40. The predicted octanol–water partition coefficient (Wildman–Crippen LogP) is 1.68. The van der Waals surface area contributed by atoms with E-state index in [-0.39, 0.29) is 17.1 Å². The zero-order valence-electron chi connectivity index (χ0n) is 11.3. The number of halogens is 1. The molecule has 0 fully saturated rings. The molecule has 0 aliphatic heterocycles. The van der Waals surface area contributed by atoms with Gasteiger partial charge in [-0.15, -0.1) is 0 Å². The molecule has 0 spiro atoms. The second-order valence-electron chi connectivity index (χ2n) is 3.98. The Hall–Kier alpha value is -2.54. The van der Waals surface area contributed by atoms with Gasteiger partial charge in [-0.2, -0.15) is 5.10 Å². The summed E-state index contributed by atoms with van der Waals surface area (Å²) in [5.74, 6) is -1.46. The highest BCUT2D eigenvalue weighted by Crippen LogP contribution is 2.23. The number of carbonyl (C=O) groups is 2. The number of aromatic nitrogens is 2. The lowest BCUT2D eigenvalue weighted by molar-refractivity contribution is 0.0585. The van der Waals surface area contributed by atoms with Gasteiger partial charge in [-0.3, -0.25) is 0 Å². The fourth-order valence-electron chi connectivity index (χ4n) is 1.74. The van der Waals surface area contributed by atoms with Crippen LogP contribution in [0.25, 0.3) is 5.69 Å². The number of hydrogen-bond donors (Lipinski definition) is 1. The molecule has 0 bridgehead atoms. The minimum Gasteiger partial charge on any atom is -0.464 e. The number of hydrogen-bond acceptors (Lipinski definition) is 6. The zero-order valence-corrected chi connectivity index (χ0v) is 12.0. The van der Waals surface area contributed by atoms with Crippen LogP contribution in [0.2, 0.25) is 5.02 Å². The third kappa shape index (κ3) is 2.68. The summed E-state index contributed by atoms with van der Waals surface area (Å²) >= 11 is 5.82. The van der Waals surface area contributed by atoms with Gasteiger partial charge in [0.05, 0.1) is 19.9 Å². The maximum atomic E-state index is 11.9. The number of carbonyl (C=O) groups excluding carboxylic acids is 2. The molecular weight excluding hydrogens is 298 g/mol. The summed E-state index contributed by atoms with van der Waals surface area (Å²) in [4.78, 5) is 23.5. The summed E-state index contributed by atoms with van der Waals surface area (Å²) in [6.07, 6.45) is 0. The van der Waals surface area contributed by atoms with E-state index in [1.165, 1.54) is 18.9 Å². The van der Waals surface area contributed by atoms with Gasteiger partial charge < -0.3 is 15.2 Å². The molecule has 1 heterocycles. The fraction of sp³-hybridized carbons (Fsp3) is 0.154. The number of rotatable bonds is 3. The summed E-state index contributed by atoms with van der Waals surface area (Å²) in [5, 5.41) is 4.54. The summed E-state index contributed by atoms with van der Waals surface area (Å²) < 4.78 is 10.5. The third-order valence-electron chi connectivity index (χ3n) is 2.75. The Labute approximate surface area is 125 Å². The monoisotopic (exact) mass is 309 g/mol. The molecule has 1 aromatic heterocycles. The van der Waals surface area contributed by atoms with E-state index in [1.807, 2.05) is 0 Å². The molecule has 8 heteroatoms. The molecule has 0 unspecified atom stereocenters. The first-order valence-electron chi connectivity index (χ1n) is 5.80. The molecule has 2 N–H and O–H groups in total. The first-order chi connectivity index (χ1) is 9.99. The van der Waals surface area contributed by atoms with Crippen molar-refractivity contribution in [3.63, 3.8) is 0 Å². The quantitative estimate of drug-likeness (QED) is 0.866. The van der Waals surface area contributed by atoms with Gasteiger partial charge in [-0.05, 0) is 24.3 Å². The molecule has 1 aromatic carbocycles. The Kier molecular flexibility index (Phi) is 4.13. The predicted molar refractivity (Wildman–Crippen MR) is 75.7 cm³/mol. The Balaban J connectivity index is 2.66. The minimum absolute atomic E-state index is 0.0553. The lowest BCUT2D eigenvalue weighted by atomic mass is 10.2. The van der Waals surface area contributed by atoms with E-state index in [0.29, 0.717) is 10.7 Å². The number of nitrogen functional groups attached to an aromatic ring is 1. The van der Waals surface area contributed by atoms with Gasteiger partial charge in [0.1, 0.15) is 5.69 Å². The lowest BCUT2D eigenvalue weighted by Crippen LogP contribution is -2.12. The van der Waals surface area contributed by atoms with E-state index in [2.05, 4.69) is 14.6 Å². The Morgan fingerprint density at radius 3 is 2.24 bits per heavy atom. The number of esters is 2. The maximum absolute atomic E-state index is 11.9. The van der Waals surface area contributed by atoms with Crippen LogP contribution in [0.5, 0.6) is 0 Å². The van der Waals surface area contributed by atoms with E-state index in [9.17, 15) is 9.59 Å². The Morgan fingerprint density at radius 1 is 1.14 bits per heavy atom. The van der Waals surface area contributed by atoms with Crippen LogP contribution in [0.4, 0.5) is 5.69 Å². The molecular formula is C13H12ClN3O4. The van der Waals surface area contributed by atoms with Crippen molar-refractivity contribution in [3.05, 3.63) is 40.7 Å². The van der Waals surface area contributed by atoms with Crippen molar-refractivity contribution in [1.29, 1.82) is 0 Å². The van der Waals surface area contributed by atoms with Crippen molar-refractivity contribution in [2.75, 3.05) is 20.0 Å². The highest BCUT2D eigenvalue weighted by molar-refractivity contribution is 6.30. The van der Waals surface area contributed by atoms with Crippen molar-refractivity contribution in [3.8, 4) is 5.69 Å². The number of methoxy groups -OCH3 is 2. The van der Waals surface area contributed by atoms with Gasteiger partial charge in [0.2, 0.25) is 0 Å². The van der Waals surface area contributed by atoms with Crippen LogP contribution < -0.4 is 5.73 Å². The maximum Gasteiger partial charge on any atom is 0.360 e. The minimum atomic E-state index is -0.745. The van der Waals surface area contributed by atoms with Crippen molar-refractivity contribution in [2.45, 2.75) is 0 Å². The van der Waals surface area contributed by atoms with Crippen LogP contribution in [0, 0.1) is 0 Å². The van der Waals surface area contributed by atoms with Crippen molar-refractivity contribution >= 4 is 29.2 Å². The van der Waals surface area contributed by atoms with Crippen LogP contribution in [-0.4, -0.2) is 35.9 Å². The molecule has 2 aromatic rings. The smallest absolute Gasteiger partial charge is 0.360 e. The first-order valence-corrected chi connectivity index (χ1v) is 6.18. The molecule has 7 nitrogen and oxygen atoms in total. The Bertz CT molecular complexity index is 694. The number of nitrogens with zero attached hydrogens (tertiary/aromatic N) is 2. The summed E-state index contributed by atoms with van der Waals surface area (Å²) in [6.45, 7) is 0. The first kappa shape index (κ1) is 14.9. The molecule has 0 atom stereocenters. The van der Waals surface area contributed by atoms with Crippen molar-refractivity contribution in [1.82, 2.24) is 9.78 Å². The van der Waals surface area contributed by atoms with Crippen LogP contribution in [0.1, 0.15) is 21.0 Å². The van der Waals surface area contributed by atoms with Gasteiger partial charge in [0.25, 0.3) is 0 Å². The van der Waals surface area contributed by atoms with Crippen LogP contribution in [-0.2, 0) is 9.47 Å². The molecule has 0 saturated carbocycles. The van der Waals surface area contributed by atoms with Gasteiger partial charge in [-0.1, -0.05) is 11.6 Å². The lowest BCUT2D eigenvalue weighted by Gasteiger charge is -2.06. The third-order valence-corrected chi connectivity index (χ3v) is 3.00. The number of anilines is 1. The summed E-state index contributed by atoms with van der Waals surface area (Å²) in [6, 6.07) is 6.49. The van der Waals surface area contributed by atoms with E-state index in [4.69, 9.17) is 17.3 Å². The van der Waals surface area contributed by atoms with Gasteiger partial charge in [-0.25, -0.2) is 14.3 Å². The van der Waals surface area contributed by atoms with Crippen molar-refractivity contribution < 1.29 is 19.1 Å². The number of ether oxygens (including phenoxy) is 2. The SMILES string of the molecule is COC(=O)c1nn(-c2ccc(Cl)cc2)c(C(=O)OC)c1N. The molecule has 0 saturated heterocycles. The zero-order chi connectivity index (χ0) is 15.6. The highest BCUT2D eigenvalue weighted by Gasteiger charge is 2.27. The molecule has 21 heavy (non-hydrogen) atoms. The van der Waals surface area contributed by atoms with Gasteiger partial charge >= 0.3 is 11.9 Å². The average Bonchev–Trinajstić information content (AvgIpc) is 2.84. The van der Waals surface area contributed by atoms with E-state index < -0.39 is 11.9 Å². The Morgan fingerprint density at radius 2 is 1.71 bits per heavy atom. The van der Waals surface area contributed by atoms with Crippen LogP contribution in [0.15, 0.2) is 24.3 Å². The van der Waals surface area contributed by atoms with Crippen LogP contribution in [0.3, 0.4) is 0 Å². The van der Waals surface area contributed by atoms with E-state index >= 15 is 0 Å². The number of nitrogens with two attached hydrogens (primary N) is 1. The second kappa shape index (κ2) is 5.84. The molecule has 2 rings (SSSR count). The van der Waals surface area contributed by atoms with Crippen LogP contribution >= 0.6 is 11.6 Å². The normalized spacial score (nSPS) is 10.2. The standard InChI is InChI=1S/C13H12ClN3O4/c1-20-12(18)10-9(15)11(13(19)21-2)17(16-10)8-5-3-7(14)4-6-8/h3-6H,15H2,1-2H3. The van der Waals surface area contributed by atoms with Crippen molar-refractivity contribution in [2.24, 2.45) is 0 Å².